The van der Waals surface area contributed by atoms with Gasteiger partial charge in [-0.15, -0.1) is 0 Å². The SMILES string of the molecule is c1ccc(-c2ccccc2-c2ccccc2-c2ccccc2N(c2ccc(-c3cccc4ccccc34)cc2)c2ccc3c(c2)C2(CC4CCC2C4)c2ccccc2-3)cc1. The second-order valence-corrected chi connectivity index (χ2v) is 17.2. The number of nitrogens with zero attached hydrogens (tertiary/aromatic N) is 1. The molecule has 1 heteroatoms. The Bertz CT molecular complexity index is 3060. The predicted molar refractivity (Wildman–Crippen MR) is 252 cm³/mol. The predicted octanol–water partition coefficient (Wildman–Crippen LogP) is 16.1. The van der Waals surface area contributed by atoms with Crippen LogP contribution in [0, 0.1) is 11.8 Å². The number of anilines is 3. The highest BCUT2D eigenvalue weighted by atomic mass is 15.1. The van der Waals surface area contributed by atoms with Gasteiger partial charge >= 0.3 is 0 Å². The van der Waals surface area contributed by atoms with Crippen molar-refractivity contribution in [3.63, 3.8) is 0 Å². The zero-order chi connectivity index (χ0) is 39.6. The second kappa shape index (κ2) is 14.1. The maximum atomic E-state index is 2.59. The third kappa shape index (κ3) is 5.46. The summed E-state index contributed by atoms with van der Waals surface area (Å²) in [5.74, 6) is 1.50. The molecule has 3 atom stereocenters. The van der Waals surface area contributed by atoms with E-state index in [4.69, 9.17) is 0 Å². The van der Waals surface area contributed by atoms with E-state index in [1.54, 1.807) is 5.56 Å². The van der Waals surface area contributed by atoms with E-state index in [9.17, 15) is 0 Å². The first-order chi connectivity index (χ1) is 29.7. The average Bonchev–Trinajstić information content (AvgIpc) is 4.02. The first-order valence-corrected chi connectivity index (χ1v) is 21.7. The Balaban J connectivity index is 1.06. The van der Waals surface area contributed by atoms with Crippen molar-refractivity contribution in [1.82, 2.24) is 0 Å². The molecule has 2 fully saturated rings. The summed E-state index contributed by atoms with van der Waals surface area (Å²) in [6.07, 6.45) is 5.31. The smallest absolute Gasteiger partial charge is 0.0540 e. The Hall–Kier alpha value is -6.96. The van der Waals surface area contributed by atoms with Gasteiger partial charge in [-0.25, -0.2) is 0 Å². The fourth-order valence-corrected chi connectivity index (χ4v) is 11.6. The molecule has 0 amide bonds. The van der Waals surface area contributed by atoms with Crippen molar-refractivity contribution in [2.75, 3.05) is 4.90 Å². The molecule has 3 unspecified atom stereocenters. The molecular formula is C59H45N. The van der Waals surface area contributed by atoms with E-state index in [1.165, 1.54) is 103 Å². The molecule has 12 rings (SSSR count). The Labute approximate surface area is 353 Å². The van der Waals surface area contributed by atoms with Crippen LogP contribution in [0.2, 0.25) is 0 Å². The first-order valence-electron chi connectivity index (χ1n) is 21.7. The highest BCUT2D eigenvalue weighted by Gasteiger charge is 2.56. The van der Waals surface area contributed by atoms with Gasteiger partial charge in [0.25, 0.3) is 0 Å². The molecule has 1 nitrogen and oxygen atoms in total. The zero-order valence-corrected chi connectivity index (χ0v) is 33.6. The summed E-state index contributed by atoms with van der Waals surface area (Å²) in [4.78, 5) is 2.53. The van der Waals surface area contributed by atoms with Crippen LogP contribution < -0.4 is 4.90 Å². The monoisotopic (exact) mass is 767 g/mol. The van der Waals surface area contributed by atoms with Crippen LogP contribution in [0.25, 0.3) is 66.4 Å². The quantitative estimate of drug-likeness (QED) is 0.156. The highest BCUT2D eigenvalue weighted by Crippen LogP contribution is 2.66. The lowest BCUT2D eigenvalue weighted by Crippen LogP contribution is -2.32. The van der Waals surface area contributed by atoms with Gasteiger partial charge in [0, 0.05) is 22.4 Å². The van der Waals surface area contributed by atoms with Crippen molar-refractivity contribution in [2.45, 2.75) is 31.1 Å². The van der Waals surface area contributed by atoms with Crippen molar-refractivity contribution >= 4 is 27.8 Å². The molecule has 0 radical (unpaired) electrons. The standard InChI is InChI=1S/C59H45N/c1-2-15-41(16-3-1)49-20-6-7-21-50(49)51-22-8-9-23-52(51)55-25-11-13-28-58(55)60(45-33-30-43(31-34-45)48-26-14-18-42-17-4-5-19-47(42)48)46-35-36-54-53-24-10-12-27-56(53)59(57(54)38-46)39-40-29-32-44(59)37-40/h1-28,30-31,33-36,38,40,44H,29,32,37,39H2. The Morgan fingerprint density at radius 3 is 1.72 bits per heavy atom. The van der Waals surface area contributed by atoms with E-state index < -0.39 is 0 Å². The Morgan fingerprint density at radius 2 is 0.950 bits per heavy atom. The van der Waals surface area contributed by atoms with E-state index in [1.807, 2.05) is 0 Å². The summed E-state index contributed by atoms with van der Waals surface area (Å²) in [5.41, 5.74) is 19.3. The maximum absolute atomic E-state index is 2.59. The number of fused-ring (bicyclic) bond motifs is 9. The molecule has 0 N–H and O–H groups in total. The van der Waals surface area contributed by atoms with Gasteiger partial charge < -0.3 is 4.90 Å². The molecule has 0 aliphatic heterocycles. The van der Waals surface area contributed by atoms with Crippen LogP contribution in [-0.4, -0.2) is 0 Å². The maximum Gasteiger partial charge on any atom is 0.0540 e. The van der Waals surface area contributed by atoms with Crippen molar-refractivity contribution < 1.29 is 0 Å². The molecule has 1 spiro atoms. The molecular weight excluding hydrogens is 723 g/mol. The average molecular weight is 768 g/mol. The third-order valence-electron chi connectivity index (χ3n) is 14.2. The molecule has 3 aliphatic carbocycles. The second-order valence-electron chi connectivity index (χ2n) is 17.2. The normalized spacial score (nSPS) is 18.5. The van der Waals surface area contributed by atoms with Crippen LogP contribution in [0.3, 0.4) is 0 Å². The van der Waals surface area contributed by atoms with Gasteiger partial charge in [0.2, 0.25) is 0 Å². The highest BCUT2D eigenvalue weighted by molar-refractivity contribution is 5.99. The van der Waals surface area contributed by atoms with Crippen molar-refractivity contribution in [3.8, 4) is 55.6 Å². The van der Waals surface area contributed by atoms with Gasteiger partial charge in [-0.1, -0.05) is 188 Å². The van der Waals surface area contributed by atoms with Gasteiger partial charge in [0.1, 0.15) is 0 Å². The van der Waals surface area contributed by atoms with Crippen LogP contribution in [0.1, 0.15) is 36.8 Å². The molecule has 3 aliphatic rings. The molecule has 286 valence electrons. The molecule has 9 aromatic carbocycles. The fourth-order valence-electron chi connectivity index (χ4n) is 11.6. The van der Waals surface area contributed by atoms with Crippen molar-refractivity contribution in [2.24, 2.45) is 11.8 Å². The summed E-state index contributed by atoms with van der Waals surface area (Å²) < 4.78 is 0. The van der Waals surface area contributed by atoms with Crippen molar-refractivity contribution in [1.29, 1.82) is 0 Å². The van der Waals surface area contributed by atoms with Gasteiger partial charge in [-0.3, -0.25) is 0 Å². The lowest BCUT2D eigenvalue weighted by molar-refractivity contribution is 0.327. The number of hydrogen-bond donors (Lipinski definition) is 0. The van der Waals surface area contributed by atoms with Crippen molar-refractivity contribution in [3.05, 3.63) is 223 Å². The van der Waals surface area contributed by atoms with Crippen LogP contribution in [0.5, 0.6) is 0 Å². The Kier molecular flexibility index (Phi) is 8.23. The molecule has 60 heavy (non-hydrogen) atoms. The van der Waals surface area contributed by atoms with E-state index in [2.05, 4.69) is 217 Å². The first kappa shape index (κ1) is 35.0. The molecule has 2 saturated carbocycles. The number of rotatable bonds is 7. The van der Waals surface area contributed by atoms with Gasteiger partial charge in [-0.2, -0.15) is 0 Å². The van der Waals surface area contributed by atoms with E-state index in [0.29, 0.717) is 5.92 Å². The molecule has 0 heterocycles. The largest absolute Gasteiger partial charge is 0.310 e. The van der Waals surface area contributed by atoms with Gasteiger partial charge in [0.05, 0.1) is 5.69 Å². The Morgan fingerprint density at radius 1 is 0.383 bits per heavy atom. The third-order valence-corrected chi connectivity index (χ3v) is 14.2. The molecule has 0 saturated heterocycles. The minimum atomic E-state index is 0.0853. The number of benzene rings is 9. The lowest BCUT2D eigenvalue weighted by Gasteiger charge is -2.37. The molecule has 0 aromatic heterocycles. The van der Waals surface area contributed by atoms with E-state index in [0.717, 1.165) is 17.3 Å². The number of para-hydroxylation sites is 1. The topological polar surface area (TPSA) is 3.24 Å². The minimum absolute atomic E-state index is 0.0853. The van der Waals surface area contributed by atoms with E-state index >= 15 is 0 Å². The molecule has 9 aromatic rings. The fraction of sp³-hybridized carbons (Fsp3) is 0.119. The zero-order valence-electron chi connectivity index (χ0n) is 33.6. The lowest BCUT2D eigenvalue weighted by atomic mass is 9.67. The summed E-state index contributed by atoms with van der Waals surface area (Å²) in [7, 11) is 0. The van der Waals surface area contributed by atoms with Crippen LogP contribution in [0.15, 0.2) is 212 Å². The van der Waals surface area contributed by atoms with E-state index in [-0.39, 0.29) is 5.41 Å². The van der Waals surface area contributed by atoms with Gasteiger partial charge in [-0.05, 0) is 133 Å². The van der Waals surface area contributed by atoms with Crippen LogP contribution >= 0.6 is 0 Å². The minimum Gasteiger partial charge on any atom is -0.310 e. The summed E-state index contributed by atoms with van der Waals surface area (Å²) in [6.45, 7) is 0. The summed E-state index contributed by atoms with van der Waals surface area (Å²) in [5, 5.41) is 2.53. The van der Waals surface area contributed by atoms with Crippen LogP contribution in [0.4, 0.5) is 17.1 Å². The number of hydrogen-bond acceptors (Lipinski definition) is 1. The van der Waals surface area contributed by atoms with Gasteiger partial charge in [0.15, 0.2) is 0 Å². The summed E-state index contributed by atoms with van der Waals surface area (Å²) in [6, 6.07) is 79.0. The summed E-state index contributed by atoms with van der Waals surface area (Å²) >= 11 is 0. The molecule has 2 bridgehead atoms. The van der Waals surface area contributed by atoms with Crippen LogP contribution in [-0.2, 0) is 5.41 Å².